The maximum absolute atomic E-state index is 13.7. The molecule has 2 aromatic rings. The summed E-state index contributed by atoms with van der Waals surface area (Å²) < 4.78 is 18.2. The summed E-state index contributed by atoms with van der Waals surface area (Å²) in [6.07, 6.45) is 0. The number of hydrogen-bond acceptors (Lipinski definition) is 4. The Morgan fingerprint density at radius 1 is 1.30 bits per heavy atom. The molecule has 0 saturated carbocycles. The highest BCUT2D eigenvalue weighted by molar-refractivity contribution is 7.98. The van der Waals surface area contributed by atoms with Crippen molar-refractivity contribution in [3.05, 3.63) is 59.4 Å². The van der Waals surface area contributed by atoms with Gasteiger partial charge in [-0.15, -0.1) is 11.8 Å². The number of carbonyl (C=O) groups is 1. The molecular formula is C15H14FNO2S. The molecule has 0 radical (unpaired) electrons. The zero-order valence-electron chi connectivity index (χ0n) is 10.9. The Labute approximate surface area is 120 Å². The van der Waals surface area contributed by atoms with Gasteiger partial charge in [0.1, 0.15) is 5.82 Å². The molecule has 5 heteroatoms. The molecule has 20 heavy (non-hydrogen) atoms. The van der Waals surface area contributed by atoms with Crippen LogP contribution in [0.5, 0.6) is 0 Å². The largest absolute Gasteiger partial charge is 0.465 e. The van der Waals surface area contributed by atoms with Crippen LogP contribution >= 0.6 is 11.8 Å². The van der Waals surface area contributed by atoms with E-state index in [1.165, 1.54) is 19.2 Å². The zero-order chi connectivity index (χ0) is 14.5. The Kier molecular flexibility index (Phi) is 4.63. The van der Waals surface area contributed by atoms with E-state index < -0.39 is 11.8 Å². The minimum absolute atomic E-state index is 0.0507. The lowest BCUT2D eigenvalue weighted by Crippen LogP contribution is -2.04. The maximum atomic E-state index is 13.7. The summed E-state index contributed by atoms with van der Waals surface area (Å²) in [7, 11) is 1.23. The van der Waals surface area contributed by atoms with Gasteiger partial charge in [-0.05, 0) is 35.9 Å². The van der Waals surface area contributed by atoms with E-state index >= 15 is 0 Å². The number of nitrogens with two attached hydrogens (primary N) is 1. The van der Waals surface area contributed by atoms with Crippen molar-refractivity contribution in [3.63, 3.8) is 0 Å². The van der Waals surface area contributed by atoms with Crippen molar-refractivity contribution < 1.29 is 13.9 Å². The van der Waals surface area contributed by atoms with Crippen LogP contribution in [0.2, 0.25) is 0 Å². The third kappa shape index (κ3) is 3.51. The summed E-state index contributed by atoms with van der Waals surface area (Å²) in [5.74, 6) is -0.637. The lowest BCUT2D eigenvalue weighted by molar-refractivity contribution is 0.0595. The first kappa shape index (κ1) is 14.4. The zero-order valence-corrected chi connectivity index (χ0v) is 11.7. The molecule has 0 heterocycles. The molecule has 0 saturated heterocycles. The van der Waals surface area contributed by atoms with E-state index in [4.69, 9.17) is 5.73 Å². The fourth-order valence-electron chi connectivity index (χ4n) is 1.69. The molecule has 0 aliphatic heterocycles. The highest BCUT2D eigenvalue weighted by Crippen LogP contribution is 2.25. The molecule has 2 rings (SSSR count). The lowest BCUT2D eigenvalue weighted by atomic mass is 10.1. The third-order valence-electron chi connectivity index (χ3n) is 2.70. The van der Waals surface area contributed by atoms with Crippen molar-refractivity contribution in [2.45, 2.75) is 10.6 Å². The van der Waals surface area contributed by atoms with Crippen LogP contribution in [0.3, 0.4) is 0 Å². The van der Waals surface area contributed by atoms with Crippen molar-refractivity contribution in [2.24, 2.45) is 0 Å². The number of methoxy groups -OCH3 is 1. The van der Waals surface area contributed by atoms with E-state index in [-0.39, 0.29) is 5.56 Å². The van der Waals surface area contributed by atoms with Crippen molar-refractivity contribution >= 4 is 23.4 Å². The number of nitrogen functional groups attached to an aromatic ring is 1. The van der Waals surface area contributed by atoms with Gasteiger partial charge in [-0.3, -0.25) is 0 Å². The molecule has 0 unspecified atom stereocenters. The van der Waals surface area contributed by atoms with Crippen LogP contribution in [0.15, 0.2) is 47.4 Å². The van der Waals surface area contributed by atoms with Crippen molar-refractivity contribution in [1.82, 2.24) is 0 Å². The van der Waals surface area contributed by atoms with Crippen LogP contribution in [0.1, 0.15) is 15.9 Å². The van der Waals surface area contributed by atoms with E-state index in [0.29, 0.717) is 11.4 Å². The average Bonchev–Trinajstić information content (AvgIpc) is 2.44. The minimum Gasteiger partial charge on any atom is -0.465 e. The summed E-state index contributed by atoms with van der Waals surface area (Å²) in [6, 6.07) is 12.0. The monoisotopic (exact) mass is 291 g/mol. The number of anilines is 1. The fraction of sp³-hybridized carbons (Fsp3) is 0.133. The Morgan fingerprint density at radius 2 is 2.10 bits per heavy atom. The van der Waals surface area contributed by atoms with E-state index in [0.717, 1.165) is 10.5 Å². The highest BCUT2D eigenvalue weighted by atomic mass is 32.2. The van der Waals surface area contributed by atoms with Crippen molar-refractivity contribution in [1.29, 1.82) is 0 Å². The summed E-state index contributed by atoms with van der Waals surface area (Å²) in [5, 5.41) is 0. The Balaban J connectivity index is 2.07. The van der Waals surface area contributed by atoms with Gasteiger partial charge in [0, 0.05) is 16.3 Å². The third-order valence-corrected chi connectivity index (χ3v) is 3.77. The van der Waals surface area contributed by atoms with Crippen LogP contribution in [0.4, 0.5) is 10.1 Å². The molecule has 0 bridgehead atoms. The molecule has 0 atom stereocenters. The molecule has 0 aromatic heterocycles. The predicted octanol–water partition coefficient (Wildman–Crippen LogP) is 3.49. The highest BCUT2D eigenvalue weighted by Gasteiger charge is 2.12. The molecule has 0 amide bonds. The maximum Gasteiger partial charge on any atom is 0.340 e. The minimum atomic E-state index is -0.669. The summed E-state index contributed by atoms with van der Waals surface area (Å²) in [4.78, 5) is 12.3. The average molecular weight is 291 g/mol. The molecule has 104 valence electrons. The molecule has 0 spiro atoms. The fourth-order valence-corrected chi connectivity index (χ4v) is 2.60. The van der Waals surface area contributed by atoms with Gasteiger partial charge in [0.2, 0.25) is 0 Å². The van der Waals surface area contributed by atoms with Gasteiger partial charge in [0.15, 0.2) is 0 Å². The predicted molar refractivity (Wildman–Crippen MR) is 78.2 cm³/mol. The quantitative estimate of drug-likeness (QED) is 0.532. The second kappa shape index (κ2) is 6.43. The number of thioether (sulfide) groups is 1. The Bertz CT molecular complexity index is 631. The van der Waals surface area contributed by atoms with Crippen LogP contribution in [0.25, 0.3) is 0 Å². The van der Waals surface area contributed by atoms with Gasteiger partial charge in [0.25, 0.3) is 0 Å². The van der Waals surface area contributed by atoms with E-state index in [1.54, 1.807) is 17.8 Å². The number of hydrogen-bond donors (Lipinski definition) is 1. The number of halogens is 1. The standard InChI is InChI=1S/C15H14FNO2S/c1-19-15(18)13-6-5-10(7-14(13)16)9-20-12-4-2-3-11(17)8-12/h2-8H,9,17H2,1H3. The molecule has 2 aromatic carbocycles. The van der Waals surface area contributed by atoms with Gasteiger partial charge >= 0.3 is 5.97 Å². The van der Waals surface area contributed by atoms with Crippen molar-refractivity contribution in [2.75, 3.05) is 12.8 Å². The molecule has 0 aliphatic rings. The van der Waals surface area contributed by atoms with Gasteiger partial charge in [-0.1, -0.05) is 12.1 Å². The first-order chi connectivity index (χ1) is 9.60. The summed E-state index contributed by atoms with van der Waals surface area (Å²) in [5.41, 5.74) is 7.14. The van der Waals surface area contributed by atoms with Crippen LogP contribution < -0.4 is 5.73 Å². The van der Waals surface area contributed by atoms with Gasteiger partial charge in [0.05, 0.1) is 12.7 Å². The van der Waals surface area contributed by atoms with Crippen LogP contribution in [-0.4, -0.2) is 13.1 Å². The van der Waals surface area contributed by atoms with Crippen LogP contribution in [0, 0.1) is 5.82 Å². The normalized spacial score (nSPS) is 10.3. The molecule has 3 nitrogen and oxygen atoms in total. The topological polar surface area (TPSA) is 52.3 Å². The molecule has 2 N–H and O–H groups in total. The van der Waals surface area contributed by atoms with E-state index in [2.05, 4.69) is 4.74 Å². The van der Waals surface area contributed by atoms with E-state index in [9.17, 15) is 9.18 Å². The van der Waals surface area contributed by atoms with Gasteiger partial charge in [-0.2, -0.15) is 0 Å². The molecule has 0 fully saturated rings. The number of ether oxygens (including phenoxy) is 1. The molecular weight excluding hydrogens is 277 g/mol. The SMILES string of the molecule is COC(=O)c1ccc(CSc2cccc(N)c2)cc1F. The first-order valence-electron chi connectivity index (χ1n) is 5.95. The van der Waals surface area contributed by atoms with Crippen molar-refractivity contribution in [3.8, 4) is 0 Å². The lowest BCUT2D eigenvalue weighted by Gasteiger charge is -2.05. The van der Waals surface area contributed by atoms with Gasteiger partial charge < -0.3 is 10.5 Å². The summed E-state index contributed by atoms with van der Waals surface area (Å²) in [6.45, 7) is 0. The van der Waals surface area contributed by atoms with E-state index in [1.807, 2.05) is 24.3 Å². The first-order valence-corrected chi connectivity index (χ1v) is 6.94. The number of benzene rings is 2. The van der Waals surface area contributed by atoms with Gasteiger partial charge in [-0.25, -0.2) is 9.18 Å². The number of carbonyl (C=O) groups excluding carboxylic acids is 1. The number of esters is 1. The second-order valence-corrected chi connectivity index (χ2v) is 5.22. The smallest absolute Gasteiger partial charge is 0.340 e. The Morgan fingerprint density at radius 3 is 2.75 bits per heavy atom. The van der Waals surface area contributed by atoms with Crippen LogP contribution in [-0.2, 0) is 10.5 Å². The summed E-state index contributed by atoms with van der Waals surface area (Å²) >= 11 is 1.55. The Hall–Kier alpha value is -2.01. The number of rotatable bonds is 4. The molecule has 0 aliphatic carbocycles. The second-order valence-electron chi connectivity index (χ2n) is 4.17.